The Hall–Kier alpha value is -3.47. The van der Waals surface area contributed by atoms with Gasteiger partial charge in [-0.15, -0.1) is 0 Å². The van der Waals surface area contributed by atoms with Crippen LogP contribution in [-0.2, 0) is 9.59 Å². The Morgan fingerprint density at radius 3 is 2.05 bits per heavy atom. The quantitative estimate of drug-likeness (QED) is 0.105. The van der Waals surface area contributed by atoms with Gasteiger partial charge < -0.3 is 32.0 Å². The minimum atomic E-state index is -0.662. The van der Waals surface area contributed by atoms with Crippen molar-refractivity contribution in [3.63, 3.8) is 0 Å². The third kappa shape index (κ3) is 15.2. The zero-order chi connectivity index (χ0) is 31.3. The summed E-state index contributed by atoms with van der Waals surface area (Å²) in [4.78, 5) is 18.9. The number of rotatable bonds is 9. The smallest absolute Gasteiger partial charge is 0.242 e. The van der Waals surface area contributed by atoms with Crippen molar-refractivity contribution in [3.8, 4) is 11.1 Å². The number of nitrogens with one attached hydrogen (secondary N) is 2. The van der Waals surface area contributed by atoms with Crippen molar-refractivity contribution < 1.29 is 23.5 Å². The van der Waals surface area contributed by atoms with Gasteiger partial charge in [0.1, 0.15) is 18.4 Å². The Morgan fingerprint density at radius 1 is 1.10 bits per heavy atom. The van der Waals surface area contributed by atoms with Gasteiger partial charge in [-0.2, -0.15) is 12.6 Å². The van der Waals surface area contributed by atoms with Crippen molar-refractivity contribution in [2.45, 2.75) is 47.6 Å². The number of nitrogen functional groups attached to an aromatic ring is 1. The SMILES string of the molecule is C=O.CC(C)=C(/C=C(\C)c1c(N)cccc1-c1c(F)cccc1F)N/C=C/C(N)=O.CCNCC(C)O.CCS. The number of benzene rings is 2. The number of nitrogens with two attached hydrogens (primary N) is 2. The minimum absolute atomic E-state index is 0.127. The molecule has 2 aromatic rings. The van der Waals surface area contributed by atoms with Crippen LogP contribution in [0, 0.1) is 11.6 Å². The zero-order valence-electron chi connectivity index (χ0n) is 24.2. The van der Waals surface area contributed by atoms with Gasteiger partial charge in [-0.25, -0.2) is 8.78 Å². The fourth-order valence-corrected chi connectivity index (χ4v) is 3.16. The average molecular weight is 579 g/mol. The second kappa shape index (κ2) is 22.4. The maximum Gasteiger partial charge on any atom is 0.242 e. The molecule has 1 atom stereocenters. The molecule has 0 spiro atoms. The van der Waals surface area contributed by atoms with Crippen LogP contribution in [0.5, 0.6) is 0 Å². The highest BCUT2D eigenvalue weighted by atomic mass is 32.1. The Balaban J connectivity index is 0. The zero-order valence-corrected chi connectivity index (χ0v) is 25.1. The van der Waals surface area contributed by atoms with E-state index in [1.165, 1.54) is 30.5 Å². The minimum Gasteiger partial charge on any atom is -0.398 e. The maximum absolute atomic E-state index is 14.4. The van der Waals surface area contributed by atoms with Crippen LogP contribution in [-0.4, -0.2) is 42.7 Å². The van der Waals surface area contributed by atoms with Crippen LogP contribution in [0.3, 0.4) is 0 Å². The molecule has 10 heteroatoms. The third-order valence-corrected chi connectivity index (χ3v) is 4.80. The lowest BCUT2D eigenvalue weighted by molar-refractivity contribution is -0.113. The van der Waals surface area contributed by atoms with Gasteiger partial charge in [0.2, 0.25) is 5.91 Å². The topological polar surface area (TPSA) is 130 Å². The summed E-state index contributed by atoms with van der Waals surface area (Å²) in [6.07, 6.45) is 4.22. The average Bonchev–Trinajstić information content (AvgIpc) is 2.88. The number of aliphatic hydroxyl groups is 1. The molecule has 1 amide bonds. The predicted molar refractivity (Wildman–Crippen MR) is 167 cm³/mol. The number of thiol groups is 1. The number of primary amides is 1. The number of hydrogen-bond donors (Lipinski definition) is 6. The molecule has 0 aliphatic heterocycles. The summed E-state index contributed by atoms with van der Waals surface area (Å²) >= 11 is 3.79. The summed E-state index contributed by atoms with van der Waals surface area (Å²) in [6, 6.07) is 8.71. The molecule has 1 unspecified atom stereocenters. The lowest BCUT2D eigenvalue weighted by Crippen LogP contribution is -2.23. The monoisotopic (exact) mass is 578 g/mol. The summed E-state index contributed by atoms with van der Waals surface area (Å²) in [5, 5.41) is 14.6. The van der Waals surface area contributed by atoms with E-state index in [1.807, 2.05) is 34.5 Å². The van der Waals surface area contributed by atoms with E-state index in [1.54, 1.807) is 38.1 Å². The molecule has 7 nitrogen and oxygen atoms in total. The Morgan fingerprint density at radius 2 is 1.62 bits per heavy atom. The van der Waals surface area contributed by atoms with Crippen molar-refractivity contribution in [1.29, 1.82) is 0 Å². The third-order valence-electron chi connectivity index (χ3n) is 4.80. The Bertz CT molecular complexity index is 1110. The lowest BCUT2D eigenvalue weighted by atomic mass is 9.92. The summed E-state index contributed by atoms with van der Waals surface area (Å²) in [5.41, 5.74) is 14.8. The van der Waals surface area contributed by atoms with Gasteiger partial charge in [0.05, 0.1) is 11.7 Å². The number of anilines is 1. The van der Waals surface area contributed by atoms with Crippen molar-refractivity contribution in [2.75, 3.05) is 24.6 Å². The van der Waals surface area contributed by atoms with Crippen LogP contribution in [0.2, 0.25) is 0 Å². The van der Waals surface area contributed by atoms with E-state index in [4.69, 9.17) is 21.4 Å². The summed E-state index contributed by atoms with van der Waals surface area (Å²) in [6.45, 7) is 15.0. The van der Waals surface area contributed by atoms with Gasteiger partial charge in [-0.05, 0) is 75.4 Å². The van der Waals surface area contributed by atoms with Gasteiger partial charge >= 0.3 is 0 Å². The first kappa shape index (κ1) is 38.7. The number of halogens is 2. The molecule has 40 heavy (non-hydrogen) atoms. The van der Waals surface area contributed by atoms with Gasteiger partial charge in [0.25, 0.3) is 0 Å². The van der Waals surface area contributed by atoms with Crippen LogP contribution in [0.25, 0.3) is 16.7 Å². The summed E-state index contributed by atoms with van der Waals surface area (Å²) < 4.78 is 28.7. The fourth-order valence-electron chi connectivity index (χ4n) is 3.16. The molecular formula is C30H44F2N4O3S. The van der Waals surface area contributed by atoms with Crippen LogP contribution in [0.1, 0.15) is 47.1 Å². The molecule has 0 fully saturated rings. The molecule has 2 rings (SSSR count). The summed E-state index contributed by atoms with van der Waals surface area (Å²) in [7, 11) is 0. The molecule has 0 bridgehead atoms. The normalized spacial score (nSPS) is 11.1. The van der Waals surface area contributed by atoms with E-state index in [0.717, 1.165) is 17.9 Å². The molecule has 0 saturated carbocycles. The molecule has 0 saturated heterocycles. The fraction of sp³-hybridized carbons (Fsp3) is 0.333. The first-order chi connectivity index (χ1) is 18.9. The maximum atomic E-state index is 14.4. The molecule has 0 aromatic heterocycles. The number of carbonyl (C=O) groups is 2. The van der Waals surface area contributed by atoms with Crippen LogP contribution < -0.4 is 22.1 Å². The number of allylic oxidation sites excluding steroid dienone is 3. The number of hydrogen-bond acceptors (Lipinski definition) is 7. The number of carbonyl (C=O) groups excluding carboxylic acids is 2. The van der Waals surface area contributed by atoms with E-state index in [9.17, 15) is 13.6 Å². The van der Waals surface area contributed by atoms with E-state index < -0.39 is 17.5 Å². The molecule has 0 aliphatic rings. The van der Waals surface area contributed by atoms with Gasteiger partial charge in [0, 0.05) is 35.8 Å². The van der Waals surface area contributed by atoms with Crippen molar-refractivity contribution >= 4 is 36.6 Å². The van der Waals surface area contributed by atoms with E-state index in [0.29, 0.717) is 34.6 Å². The highest BCUT2D eigenvalue weighted by Crippen LogP contribution is 2.36. The second-order valence-corrected chi connectivity index (χ2v) is 9.09. The largest absolute Gasteiger partial charge is 0.398 e. The van der Waals surface area contributed by atoms with Crippen LogP contribution in [0.4, 0.5) is 14.5 Å². The molecular weight excluding hydrogens is 534 g/mol. The van der Waals surface area contributed by atoms with Gasteiger partial charge in [-0.1, -0.05) is 37.6 Å². The lowest BCUT2D eigenvalue weighted by Gasteiger charge is -2.16. The highest BCUT2D eigenvalue weighted by Gasteiger charge is 2.17. The Kier molecular flexibility index (Phi) is 21.6. The van der Waals surface area contributed by atoms with Crippen molar-refractivity contribution in [3.05, 3.63) is 83.2 Å². The molecule has 0 heterocycles. The number of amides is 1. The van der Waals surface area contributed by atoms with Gasteiger partial charge in [-0.3, -0.25) is 4.79 Å². The highest BCUT2D eigenvalue weighted by molar-refractivity contribution is 7.80. The van der Waals surface area contributed by atoms with Crippen molar-refractivity contribution in [1.82, 2.24) is 10.6 Å². The van der Waals surface area contributed by atoms with E-state index in [-0.39, 0.29) is 11.7 Å². The number of likely N-dealkylation sites (N-methyl/N-ethyl adjacent to an activating group) is 1. The summed E-state index contributed by atoms with van der Waals surface area (Å²) in [5.74, 6) is -0.958. The van der Waals surface area contributed by atoms with Crippen molar-refractivity contribution in [2.24, 2.45) is 5.73 Å². The first-order valence-corrected chi connectivity index (χ1v) is 13.2. The predicted octanol–water partition coefficient (Wildman–Crippen LogP) is 5.23. The molecule has 222 valence electrons. The standard InChI is InChI=1S/C22H23F2N3O.C5H13NO.C2H6S.CH2O/c1-13(2)19(27-11-10-20(26)28)12-14(3)21-15(6-4-9-18(21)25)22-16(23)7-5-8-17(22)24;1-3-6-4-5(2)7;1-2-3;1-2/h4-12,27H,25H2,1-3H3,(H2,26,28);5-7H,3-4H2,1-2H3;3H,2H2,1H3;1H2/b11-10+,14-12+;;;. The van der Waals surface area contributed by atoms with E-state index in [2.05, 4.69) is 23.3 Å². The molecule has 2 aromatic carbocycles. The second-order valence-electron chi connectivity index (χ2n) is 8.46. The molecule has 0 aliphatic carbocycles. The van der Waals surface area contributed by atoms with Crippen LogP contribution >= 0.6 is 12.6 Å². The van der Waals surface area contributed by atoms with Crippen LogP contribution in [0.15, 0.2) is 66.0 Å². The first-order valence-electron chi connectivity index (χ1n) is 12.6. The Labute approximate surface area is 242 Å². The number of aliphatic hydroxyl groups excluding tert-OH is 1. The van der Waals surface area contributed by atoms with E-state index >= 15 is 0 Å². The molecule has 0 radical (unpaired) electrons. The van der Waals surface area contributed by atoms with Gasteiger partial charge in [0.15, 0.2) is 0 Å². The molecule has 7 N–H and O–H groups in total.